The third kappa shape index (κ3) is 8.23. The van der Waals surface area contributed by atoms with Crippen LogP contribution in [0.25, 0.3) is 0 Å². The summed E-state index contributed by atoms with van der Waals surface area (Å²) in [5.41, 5.74) is 0.533. The minimum atomic E-state index is -3.97. The fourth-order valence-electron chi connectivity index (χ4n) is 4.21. The number of carbonyl (C=O) groups excluding carboxylic acids is 2. The number of thiophene rings is 1. The second kappa shape index (κ2) is 12.7. The molecule has 0 bridgehead atoms. The van der Waals surface area contributed by atoms with Crippen molar-refractivity contribution >= 4 is 44.9 Å². The molecule has 1 fully saturated rings. The summed E-state index contributed by atoms with van der Waals surface area (Å²) in [6, 6.07) is 10.9. The van der Waals surface area contributed by atoms with Crippen LogP contribution in [0.2, 0.25) is 0 Å². The number of hydrogen-bond acceptors (Lipinski definition) is 10. The molecule has 3 heterocycles. The molecule has 13 heteroatoms. The number of hydrogen-bond donors (Lipinski definition) is 3. The van der Waals surface area contributed by atoms with Gasteiger partial charge in [-0.1, -0.05) is 6.07 Å². The Morgan fingerprint density at radius 2 is 1.85 bits per heavy atom. The molecule has 3 N–H and O–H groups in total. The van der Waals surface area contributed by atoms with Crippen molar-refractivity contribution in [1.29, 1.82) is 0 Å². The summed E-state index contributed by atoms with van der Waals surface area (Å²) in [4.78, 5) is 36.4. The summed E-state index contributed by atoms with van der Waals surface area (Å²) < 4.78 is 33.4. The molecule has 11 nitrogen and oxygen atoms in total. The summed E-state index contributed by atoms with van der Waals surface area (Å²) in [5.74, 6) is -0.615. The molecule has 2 aromatic heterocycles. The zero-order chi connectivity index (χ0) is 28.8. The summed E-state index contributed by atoms with van der Waals surface area (Å²) in [6.45, 7) is 6.44. The molecule has 2 unspecified atom stereocenters. The van der Waals surface area contributed by atoms with E-state index in [0.29, 0.717) is 11.5 Å². The van der Waals surface area contributed by atoms with Crippen LogP contribution in [0.1, 0.15) is 44.0 Å². The van der Waals surface area contributed by atoms with E-state index in [1.807, 2.05) is 12.1 Å². The first-order chi connectivity index (χ1) is 19.0. The van der Waals surface area contributed by atoms with Crippen LogP contribution in [0.5, 0.6) is 0 Å². The van der Waals surface area contributed by atoms with Gasteiger partial charge in [-0.25, -0.2) is 18.4 Å². The topological polar surface area (TPSA) is 143 Å². The molecule has 0 saturated carbocycles. The van der Waals surface area contributed by atoms with Gasteiger partial charge >= 0.3 is 5.97 Å². The van der Waals surface area contributed by atoms with E-state index >= 15 is 0 Å². The highest BCUT2D eigenvalue weighted by molar-refractivity contribution is 7.91. The van der Waals surface area contributed by atoms with Crippen molar-refractivity contribution in [3.8, 4) is 0 Å². The number of nitrogens with one attached hydrogen (secondary N) is 3. The Hall–Kier alpha value is -3.55. The van der Waals surface area contributed by atoms with E-state index in [1.54, 1.807) is 62.8 Å². The first-order valence-electron chi connectivity index (χ1n) is 13.0. The third-order valence-electron chi connectivity index (χ3n) is 6.03. The molecule has 3 aromatic rings. The maximum absolute atomic E-state index is 12.9. The Morgan fingerprint density at radius 1 is 1.12 bits per heavy atom. The molecule has 4 rings (SSSR count). The number of carbonyl (C=O) groups is 2. The van der Waals surface area contributed by atoms with Crippen LogP contribution >= 0.6 is 11.3 Å². The lowest BCUT2D eigenvalue weighted by Gasteiger charge is -2.34. The predicted molar refractivity (Wildman–Crippen MR) is 154 cm³/mol. The van der Waals surface area contributed by atoms with Gasteiger partial charge < -0.3 is 20.3 Å². The molecule has 40 heavy (non-hydrogen) atoms. The van der Waals surface area contributed by atoms with Crippen LogP contribution in [-0.4, -0.2) is 67.6 Å². The summed E-state index contributed by atoms with van der Waals surface area (Å²) in [6.07, 6.45) is 5.41. The number of esters is 1. The highest BCUT2D eigenvalue weighted by Crippen LogP contribution is 2.22. The fourth-order valence-corrected chi connectivity index (χ4v) is 6.41. The lowest BCUT2D eigenvalue weighted by Crippen LogP contribution is -2.50. The number of anilines is 2. The highest BCUT2D eigenvalue weighted by atomic mass is 32.2. The van der Waals surface area contributed by atoms with Crippen molar-refractivity contribution < 1.29 is 22.7 Å². The monoisotopic (exact) mass is 586 g/mol. The Morgan fingerprint density at radius 3 is 2.50 bits per heavy atom. The summed E-state index contributed by atoms with van der Waals surface area (Å²) in [5, 5.41) is 7.66. The van der Waals surface area contributed by atoms with Crippen molar-refractivity contribution in [2.24, 2.45) is 0 Å². The highest BCUT2D eigenvalue weighted by Gasteiger charge is 2.31. The minimum Gasteiger partial charge on any atom is -0.459 e. The van der Waals surface area contributed by atoms with E-state index in [1.165, 1.54) is 6.07 Å². The van der Waals surface area contributed by atoms with Gasteiger partial charge in [0.05, 0.1) is 0 Å². The maximum Gasteiger partial charge on any atom is 0.326 e. The number of ether oxygens (including phenoxy) is 1. The van der Waals surface area contributed by atoms with E-state index in [0.717, 1.165) is 43.0 Å². The first-order valence-corrected chi connectivity index (χ1v) is 15.3. The average molecular weight is 587 g/mol. The van der Waals surface area contributed by atoms with Gasteiger partial charge in [0.15, 0.2) is 0 Å². The quantitative estimate of drug-likeness (QED) is 0.306. The van der Waals surface area contributed by atoms with Gasteiger partial charge in [-0.05, 0) is 75.4 Å². The predicted octanol–water partition coefficient (Wildman–Crippen LogP) is 3.04. The Kier molecular flexibility index (Phi) is 9.38. The fraction of sp³-hybridized carbons (Fsp3) is 0.407. The van der Waals surface area contributed by atoms with E-state index in [-0.39, 0.29) is 16.8 Å². The van der Waals surface area contributed by atoms with Crippen molar-refractivity contribution in [1.82, 2.24) is 20.0 Å². The zero-order valence-corrected chi connectivity index (χ0v) is 24.3. The molecule has 1 aliphatic heterocycles. The van der Waals surface area contributed by atoms with Gasteiger partial charge in [0.25, 0.3) is 15.9 Å². The van der Waals surface area contributed by atoms with Crippen LogP contribution in [-0.2, 0) is 19.6 Å². The van der Waals surface area contributed by atoms with Crippen LogP contribution < -0.4 is 20.3 Å². The average Bonchev–Trinajstić information content (AvgIpc) is 3.47. The Bertz CT molecular complexity index is 1380. The van der Waals surface area contributed by atoms with Gasteiger partial charge in [-0.2, -0.15) is 4.72 Å². The van der Waals surface area contributed by atoms with Gasteiger partial charge in [0.2, 0.25) is 5.95 Å². The van der Waals surface area contributed by atoms with Gasteiger partial charge in [0, 0.05) is 49.3 Å². The van der Waals surface area contributed by atoms with Crippen LogP contribution in [0.15, 0.2) is 64.4 Å². The largest absolute Gasteiger partial charge is 0.459 e. The molecule has 0 radical (unpaired) electrons. The van der Waals surface area contributed by atoms with Crippen molar-refractivity contribution in [2.45, 2.75) is 55.5 Å². The molecular weight excluding hydrogens is 552 g/mol. The Labute approximate surface area is 238 Å². The van der Waals surface area contributed by atoms with Gasteiger partial charge in [-0.15, -0.1) is 11.3 Å². The van der Waals surface area contributed by atoms with Gasteiger partial charge in [-0.3, -0.25) is 9.59 Å². The van der Waals surface area contributed by atoms with Crippen molar-refractivity contribution in [3.63, 3.8) is 0 Å². The smallest absolute Gasteiger partial charge is 0.326 e. The molecule has 2 atom stereocenters. The van der Waals surface area contributed by atoms with E-state index < -0.39 is 33.5 Å². The molecule has 1 aromatic carbocycles. The second-order valence-corrected chi connectivity index (χ2v) is 13.3. The second-order valence-electron chi connectivity index (χ2n) is 10.4. The molecular formula is C27H34N6O5S2. The molecule has 1 aliphatic rings. The molecule has 0 aliphatic carbocycles. The number of piperidine rings is 1. The standard InChI is InChI=1S/C27H34N6O5S2/c1-27(2,3)38-25(35)22(32-40(36,37)23-8-5-16-39-23)17-30-24(34)19-9-11-21(12-10-19)33-15-4-7-20(18-33)31-26-28-13-6-14-29-26/h5-6,8-14,16,20,22,32H,4,7,15,17-18H2,1-3H3,(H,30,34)(H,28,29,31). The lowest BCUT2D eigenvalue weighted by molar-refractivity contribution is -0.156. The van der Waals surface area contributed by atoms with E-state index in [9.17, 15) is 18.0 Å². The number of amides is 1. The third-order valence-corrected chi connectivity index (χ3v) is 8.90. The summed E-state index contributed by atoms with van der Waals surface area (Å²) >= 11 is 1.03. The Balaban J connectivity index is 1.37. The van der Waals surface area contributed by atoms with Crippen molar-refractivity contribution in [3.05, 3.63) is 65.8 Å². The number of benzene rings is 1. The summed E-state index contributed by atoms with van der Waals surface area (Å²) in [7, 11) is -3.97. The number of rotatable bonds is 10. The number of sulfonamides is 1. The van der Waals surface area contributed by atoms with E-state index in [4.69, 9.17) is 4.74 Å². The van der Waals surface area contributed by atoms with Crippen molar-refractivity contribution in [2.75, 3.05) is 29.9 Å². The number of nitrogens with zero attached hydrogens (tertiary/aromatic N) is 3. The molecule has 214 valence electrons. The van der Waals surface area contributed by atoms with Gasteiger partial charge in [0.1, 0.15) is 15.9 Å². The lowest BCUT2D eigenvalue weighted by atomic mass is 10.0. The van der Waals surface area contributed by atoms with Crippen LogP contribution in [0.4, 0.5) is 11.6 Å². The normalized spacial score (nSPS) is 16.7. The van der Waals surface area contributed by atoms with Crippen LogP contribution in [0.3, 0.4) is 0 Å². The first kappa shape index (κ1) is 29.4. The SMILES string of the molecule is CC(C)(C)OC(=O)C(CNC(=O)c1ccc(N2CCCC(Nc3ncccn3)C2)cc1)NS(=O)(=O)c1cccs1. The van der Waals surface area contributed by atoms with Crippen LogP contribution in [0, 0.1) is 0 Å². The zero-order valence-electron chi connectivity index (χ0n) is 22.7. The van der Waals surface area contributed by atoms with E-state index in [2.05, 4.69) is 30.2 Å². The molecule has 1 amide bonds. The molecule has 1 saturated heterocycles. The number of aromatic nitrogens is 2. The molecule has 0 spiro atoms. The maximum atomic E-state index is 12.9. The minimum absolute atomic E-state index is 0.0643.